The summed E-state index contributed by atoms with van der Waals surface area (Å²) in [5.41, 5.74) is 6.33. The first-order valence-electron chi connectivity index (χ1n) is 10.2. The summed E-state index contributed by atoms with van der Waals surface area (Å²) in [6, 6.07) is 3.33. The van der Waals surface area contributed by atoms with Crippen LogP contribution >= 0.6 is 0 Å². The monoisotopic (exact) mass is 427 g/mol. The molecule has 158 valence electrons. The van der Waals surface area contributed by atoms with Crippen LogP contribution in [0, 0.1) is 11.3 Å². The van der Waals surface area contributed by atoms with Gasteiger partial charge in [-0.15, -0.1) is 4.36 Å². The molecule has 2 aromatic rings. The lowest BCUT2D eigenvalue weighted by molar-refractivity contribution is 0.259. The van der Waals surface area contributed by atoms with Gasteiger partial charge in [-0.3, -0.25) is 4.68 Å². The van der Waals surface area contributed by atoms with E-state index in [0.717, 1.165) is 72.0 Å². The van der Waals surface area contributed by atoms with Crippen LogP contribution in [0.25, 0.3) is 0 Å². The normalized spacial score (nSPS) is 15.9. The molecule has 1 heterocycles. The molecule has 9 heteroatoms. The number of aliphatic hydroxyl groups excluding tert-OH is 1. The van der Waals surface area contributed by atoms with Crippen molar-refractivity contribution in [2.24, 2.45) is 4.36 Å². The first-order chi connectivity index (χ1) is 14.4. The number of carbonyl (C=O) groups is 1. The lowest BCUT2D eigenvalue weighted by Gasteiger charge is -2.16. The van der Waals surface area contributed by atoms with Crippen LogP contribution in [0.3, 0.4) is 0 Å². The van der Waals surface area contributed by atoms with Gasteiger partial charge in [0.2, 0.25) is 0 Å². The van der Waals surface area contributed by atoms with Crippen LogP contribution in [0.4, 0.5) is 10.5 Å². The van der Waals surface area contributed by atoms with Gasteiger partial charge in [-0.2, -0.15) is 10.4 Å². The summed E-state index contributed by atoms with van der Waals surface area (Å²) in [6.07, 6.45) is 5.30. The second-order valence-corrected chi connectivity index (χ2v) is 9.07. The molecular weight excluding hydrogens is 402 g/mol. The van der Waals surface area contributed by atoms with Crippen molar-refractivity contribution in [3.05, 3.63) is 39.6 Å². The molecule has 2 aliphatic carbocycles. The average Bonchev–Trinajstić information content (AvgIpc) is 3.46. The van der Waals surface area contributed by atoms with Crippen LogP contribution in [0.1, 0.15) is 66.2 Å². The maximum Gasteiger partial charge on any atom is 0.353 e. The van der Waals surface area contributed by atoms with E-state index in [0.29, 0.717) is 5.69 Å². The number of anilines is 1. The Morgan fingerprint density at radius 1 is 1.27 bits per heavy atom. The Morgan fingerprint density at radius 3 is 2.37 bits per heavy atom. The van der Waals surface area contributed by atoms with Crippen molar-refractivity contribution >= 4 is 22.7 Å². The molecule has 1 aromatic carbocycles. The van der Waals surface area contributed by atoms with Gasteiger partial charge in [-0.05, 0) is 80.7 Å². The minimum Gasteiger partial charge on any atom is -0.390 e. The molecule has 0 bridgehead atoms. The molecule has 2 aliphatic rings. The Morgan fingerprint density at radius 2 is 1.87 bits per heavy atom. The highest BCUT2D eigenvalue weighted by Crippen LogP contribution is 2.41. The molecule has 0 spiro atoms. The van der Waals surface area contributed by atoms with Gasteiger partial charge in [0.25, 0.3) is 0 Å². The lowest BCUT2D eigenvalue weighted by atomic mass is 9.93. The van der Waals surface area contributed by atoms with Gasteiger partial charge in [0, 0.05) is 11.7 Å². The van der Waals surface area contributed by atoms with Gasteiger partial charge < -0.3 is 15.0 Å². The van der Waals surface area contributed by atoms with E-state index in [2.05, 4.69) is 20.8 Å². The maximum absolute atomic E-state index is 12.7. The van der Waals surface area contributed by atoms with Crippen molar-refractivity contribution in [1.29, 1.82) is 5.26 Å². The topological polar surface area (TPSA) is 124 Å². The highest BCUT2D eigenvalue weighted by molar-refractivity contribution is 7.81. The molecule has 2 amide bonds. The number of hydrogen-bond acceptors (Lipinski definition) is 4. The number of nitrogens with one attached hydrogen (secondary N) is 1. The molecule has 1 aromatic heterocycles. The molecule has 1 atom stereocenters. The van der Waals surface area contributed by atoms with E-state index in [1.165, 1.54) is 0 Å². The van der Waals surface area contributed by atoms with Crippen LogP contribution < -0.4 is 5.32 Å². The van der Waals surface area contributed by atoms with Gasteiger partial charge in [-0.1, -0.05) is 0 Å². The minimum absolute atomic E-state index is 0.00977. The summed E-state index contributed by atoms with van der Waals surface area (Å²) in [4.78, 5) is 12.7. The number of amides is 2. The fraction of sp³-hybridized carbons (Fsp3) is 0.476. The third-order valence-electron chi connectivity index (χ3n) is 5.78. The standard InChI is InChI=1S/C21H25N5O3S/c1-12(2)26-13(11-27)9-19(24-26)30(29)25-21(28)23-20-16-7-3-5-14(16)18(10-22)15-6-4-8-17(15)20/h9,12,27H,3-8,11H2,1-2H3,(H2,23,25,28,29). The average molecular weight is 428 g/mol. The molecule has 0 radical (unpaired) electrons. The third-order valence-corrected chi connectivity index (χ3v) is 6.70. The Labute approximate surface area is 177 Å². The Kier molecular flexibility index (Phi) is 5.73. The second kappa shape index (κ2) is 8.30. The van der Waals surface area contributed by atoms with Gasteiger partial charge in [0.05, 0.1) is 34.9 Å². The Bertz CT molecular complexity index is 1060. The predicted octanol–water partition coefficient (Wildman–Crippen LogP) is 3.67. The van der Waals surface area contributed by atoms with Gasteiger partial charge in [-0.25, -0.2) is 4.79 Å². The van der Waals surface area contributed by atoms with Crippen molar-refractivity contribution < 1.29 is 14.5 Å². The third kappa shape index (κ3) is 3.55. The van der Waals surface area contributed by atoms with Crippen molar-refractivity contribution in [3.63, 3.8) is 0 Å². The first-order valence-corrected chi connectivity index (χ1v) is 11.3. The molecule has 0 aliphatic heterocycles. The number of urea groups is 1. The van der Waals surface area contributed by atoms with Crippen molar-refractivity contribution in [2.45, 2.75) is 70.0 Å². The molecule has 1 unspecified atom stereocenters. The summed E-state index contributed by atoms with van der Waals surface area (Å²) in [5.74, 6) is 0. The molecule has 8 nitrogen and oxygen atoms in total. The van der Waals surface area contributed by atoms with E-state index in [-0.39, 0.29) is 17.7 Å². The van der Waals surface area contributed by atoms with Crippen LogP contribution in [0.5, 0.6) is 0 Å². The van der Waals surface area contributed by atoms with Gasteiger partial charge >= 0.3 is 6.03 Å². The zero-order valence-electron chi connectivity index (χ0n) is 17.1. The number of rotatable bonds is 4. The second-order valence-electron chi connectivity index (χ2n) is 7.94. The summed E-state index contributed by atoms with van der Waals surface area (Å²) in [5, 5.41) is 26.6. The predicted molar refractivity (Wildman–Crippen MR) is 113 cm³/mol. The van der Waals surface area contributed by atoms with E-state index in [1.807, 2.05) is 13.8 Å². The number of fused-ring (bicyclic) bond motifs is 2. The molecule has 30 heavy (non-hydrogen) atoms. The lowest BCUT2D eigenvalue weighted by Crippen LogP contribution is -2.13. The zero-order chi connectivity index (χ0) is 21.4. The summed E-state index contributed by atoms with van der Waals surface area (Å²) < 4.78 is 16.0. The van der Waals surface area contributed by atoms with Gasteiger partial charge in [0.15, 0.2) is 5.03 Å². The number of nitriles is 1. The van der Waals surface area contributed by atoms with Crippen molar-refractivity contribution in [3.8, 4) is 6.07 Å². The number of benzene rings is 1. The minimum atomic E-state index is -1.73. The van der Waals surface area contributed by atoms with E-state index < -0.39 is 17.0 Å². The molecule has 3 N–H and O–H groups in total. The SMILES string of the molecule is CC(C)n1nc(S(O)=NC(=O)Nc2c3c(c(C#N)c4c2CCC4)CCC3)cc1CO. The molecule has 4 rings (SSSR count). The molecule has 0 saturated carbocycles. The van der Waals surface area contributed by atoms with Crippen LogP contribution in [0.2, 0.25) is 0 Å². The highest BCUT2D eigenvalue weighted by Gasteiger charge is 2.29. The molecular formula is C21H25N5O3S. The Hall–Kier alpha value is -2.54. The summed E-state index contributed by atoms with van der Waals surface area (Å²) in [7, 11) is -1.73. The van der Waals surface area contributed by atoms with E-state index in [4.69, 9.17) is 0 Å². The first kappa shape index (κ1) is 20.7. The number of aliphatic hydroxyl groups is 1. The number of aromatic nitrogens is 2. The number of hydrogen-bond donors (Lipinski definition) is 3. The fourth-order valence-electron chi connectivity index (χ4n) is 4.56. The van der Waals surface area contributed by atoms with E-state index >= 15 is 0 Å². The van der Waals surface area contributed by atoms with Gasteiger partial charge in [0.1, 0.15) is 0 Å². The highest BCUT2D eigenvalue weighted by atomic mass is 32.2. The Balaban J connectivity index is 1.65. The van der Waals surface area contributed by atoms with Crippen molar-refractivity contribution in [2.75, 3.05) is 5.32 Å². The van der Waals surface area contributed by atoms with Crippen LogP contribution in [0.15, 0.2) is 15.5 Å². The molecule has 0 fully saturated rings. The summed E-state index contributed by atoms with van der Waals surface area (Å²) in [6.45, 7) is 3.63. The largest absolute Gasteiger partial charge is 0.390 e. The van der Waals surface area contributed by atoms with E-state index in [1.54, 1.807) is 10.7 Å². The quantitative estimate of drug-likeness (QED) is 0.687. The zero-order valence-corrected chi connectivity index (χ0v) is 17.9. The summed E-state index contributed by atoms with van der Waals surface area (Å²) >= 11 is 0. The fourth-order valence-corrected chi connectivity index (χ4v) is 5.26. The molecule has 0 saturated heterocycles. The maximum atomic E-state index is 12.7. The van der Waals surface area contributed by atoms with Crippen LogP contribution in [-0.2, 0) is 43.3 Å². The van der Waals surface area contributed by atoms with Crippen LogP contribution in [-0.4, -0.2) is 25.5 Å². The smallest absolute Gasteiger partial charge is 0.353 e. The van der Waals surface area contributed by atoms with Crippen molar-refractivity contribution in [1.82, 2.24) is 9.78 Å². The van der Waals surface area contributed by atoms with E-state index in [9.17, 15) is 19.7 Å². The number of carbonyl (C=O) groups excluding carboxylic acids is 1. The number of nitrogens with zero attached hydrogens (tertiary/aromatic N) is 4.